The van der Waals surface area contributed by atoms with Crippen molar-refractivity contribution in [1.82, 2.24) is 15.0 Å². The first-order valence-corrected chi connectivity index (χ1v) is 2.27. The molecule has 0 saturated heterocycles. The molecule has 1 heterocycles. The number of hydrogen-bond donors (Lipinski definition) is 2. The van der Waals surface area contributed by atoms with Gasteiger partial charge >= 0.3 is 0 Å². The minimum atomic E-state index is -0.141. The number of nitrogens with zero attached hydrogens (tertiary/aromatic N) is 3. The first kappa shape index (κ1) is 5.61. The number of nitrogen functional groups attached to an aromatic ring is 1. The van der Waals surface area contributed by atoms with Crippen molar-refractivity contribution in [3.8, 4) is 0 Å². The Morgan fingerprint density at radius 1 is 1.44 bits per heavy atom. The Hall–Kier alpha value is -1.52. The lowest BCUT2D eigenvalue weighted by molar-refractivity contribution is 1.02. The summed E-state index contributed by atoms with van der Waals surface area (Å²) < 4.78 is 0. The van der Waals surface area contributed by atoms with Crippen LogP contribution in [0, 0.1) is 5.41 Å². The molecule has 0 aliphatic rings. The summed E-state index contributed by atoms with van der Waals surface area (Å²) in [6.45, 7) is 0. The summed E-state index contributed by atoms with van der Waals surface area (Å²) in [5.41, 5.74) is 5.04. The third-order valence-electron chi connectivity index (χ3n) is 0.734. The first-order chi connectivity index (χ1) is 4.30. The molecular formula is C4H5N5. The van der Waals surface area contributed by atoms with Crippen molar-refractivity contribution in [2.75, 3.05) is 0 Å². The largest absolute Gasteiger partial charge is 0.381 e. The lowest BCUT2D eigenvalue weighted by Gasteiger charge is -1.90. The first-order valence-electron chi connectivity index (χ1n) is 2.27. The Labute approximate surface area is 51.5 Å². The van der Waals surface area contributed by atoms with E-state index in [0.29, 0.717) is 0 Å². The highest BCUT2D eigenvalue weighted by Gasteiger charge is 1.94. The zero-order valence-electron chi connectivity index (χ0n) is 4.57. The van der Waals surface area contributed by atoms with Gasteiger partial charge in [-0.1, -0.05) is 0 Å². The van der Waals surface area contributed by atoms with Gasteiger partial charge in [0.05, 0.1) is 0 Å². The predicted octanol–water partition coefficient (Wildman–Crippen LogP) is -0.844. The van der Waals surface area contributed by atoms with Gasteiger partial charge in [-0.25, -0.2) is 15.0 Å². The van der Waals surface area contributed by atoms with E-state index in [1.54, 1.807) is 0 Å². The predicted molar refractivity (Wildman–Crippen MR) is 30.8 cm³/mol. The SMILES string of the molecule is N=C(N)c1ncncn1. The van der Waals surface area contributed by atoms with Crippen molar-refractivity contribution in [3.63, 3.8) is 0 Å². The van der Waals surface area contributed by atoms with Crippen LogP contribution in [0.4, 0.5) is 0 Å². The Kier molecular flexibility index (Phi) is 1.35. The van der Waals surface area contributed by atoms with Gasteiger partial charge in [0, 0.05) is 0 Å². The van der Waals surface area contributed by atoms with Crippen molar-refractivity contribution >= 4 is 5.84 Å². The summed E-state index contributed by atoms with van der Waals surface area (Å²) in [6, 6.07) is 0. The summed E-state index contributed by atoms with van der Waals surface area (Å²) in [5, 5.41) is 6.86. The fourth-order valence-corrected chi connectivity index (χ4v) is 0.378. The second-order valence-corrected chi connectivity index (χ2v) is 1.38. The topological polar surface area (TPSA) is 88.5 Å². The summed E-state index contributed by atoms with van der Waals surface area (Å²) in [4.78, 5) is 10.8. The van der Waals surface area contributed by atoms with Gasteiger partial charge in [-0.15, -0.1) is 0 Å². The molecule has 0 unspecified atom stereocenters. The normalized spacial score (nSPS) is 8.89. The van der Waals surface area contributed by atoms with Crippen LogP contribution >= 0.6 is 0 Å². The van der Waals surface area contributed by atoms with Crippen molar-refractivity contribution in [1.29, 1.82) is 5.41 Å². The summed E-state index contributed by atoms with van der Waals surface area (Å²) in [7, 11) is 0. The van der Waals surface area contributed by atoms with E-state index in [9.17, 15) is 0 Å². The molecule has 0 amide bonds. The summed E-state index contributed by atoms with van der Waals surface area (Å²) >= 11 is 0. The molecule has 1 aromatic heterocycles. The molecule has 0 aromatic carbocycles. The molecule has 0 atom stereocenters. The second kappa shape index (κ2) is 2.17. The molecule has 0 aliphatic carbocycles. The van der Waals surface area contributed by atoms with Gasteiger partial charge in [0.1, 0.15) is 12.7 Å². The minimum absolute atomic E-state index is 0.141. The third kappa shape index (κ3) is 1.18. The van der Waals surface area contributed by atoms with Crippen molar-refractivity contribution in [2.45, 2.75) is 0 Å². The Balaban J connectivity index is 2.98. The van der Waals surface area contributed by atoms with Crippen molar-refractivity contribution in [2.24, 2.45) is 5.73 Å². The van der Waals surface area contributed by atoms with Crippen LogP contribution in [0.2, 0.25) is 0 Å². The molecule has 0 spiro atoms. The number of aromatic nitrogens is 3. The van der Waals surface area contributed by atoms with Gasteiger partial charge in [-0.2, -0.15) is 0 Å². The molecule has 1 aromatic rings. The maximum Gasteiger partial charge on any atom is 0.197 e. The summed E-state index contributed by atoms with van der Waals surface area (Å²) in [5.74, 6) is 0.0717. The number of nitrogens with two attached hydrogens (primary N) is 1. The van der Waals surface area contributed by atoms with Crippen LogP contribution < -0.4 is 5.73 Å². The van der Waals surface area contributed by atoms with Gasteiger partial charge in [0.15, 0.2) is 11.7 Å². The molecule has 0 bridgehead atoms. The van der Waals surface area contributed by atoms with Crippen molar-refractivity contribution in [3.05, 3.63) is 18.5 Å². The molecule has 5 heteroatoms. The molecule has 9 heavy (non-hydrogen) atoms. The zero-order valence-corrected chi connectivity index (χ0v) is 4.57. The fraction of sp³-hybridized carbons (Fsp3) is 0. The van der Waals surface area contributed by atoms with Crippen LogP contribution in [0.25, 0.3) is 0 Å². The number of nitrogens with one attached hydrogen (secondary N) is 1. The smallest absolute Gasteiger partial charge is 0.197 e. The molecule has 0 aliphatic heterocycles. The highest BCUT2D eigenvalue weighted by molar-refractivity contribution is 5.90. The molecule has 5 nitrogen and oxygen atoms in total. The van der Waals surface area contributed by atoms with Crippen LogP contribution in [0.15, 0.2) is 12.7 Å². The lowest BCUT2D eigenvalue weighted by Crippen LogP contribution is -2.14. The lowest BCUT2D eigenvalue weighted by atomic mass is 10.6. The van der Waals surface area contributed by atoms with Gasteiger partial charge in [-0.05, 0) is 0 Å². The van der Waals surface area contributed by atoms with E-state index in [-0.39, 0.29) is 11.7 Å². The molecule has 0 radical (unpaired) electrons. The Morgan fingerprint density at radius 3 is 2.33 bits per heavy atom. The quantitative estimate of drug-likeness (QED) is 0.376. The summed E-state index contributed by atoms with van der Waals surface area (Å²) in [6.07, 6.45) is 2.59. The van der Waals surface area contributed by atoms with Crippen LogP contribution in [0.1, 0.15) is 5.82 Å². The van der Waals surface area contributed by atoms with E-state index in [4.69, 9.17) is 11.1 Å². The van der Waals surface area contributed by atoms with E-state index in [2.05, 4.69) is 15.0 Å². The third-order valence-corrected chi connectivity index (χ3v) is 0.734. The highest BCUT2D eigenvalue weighted by atomic mass is 15.0. The molecule has 0 fully saturated rings. The van der Waals surface area contributed by atoms with E-state index >= 15 is 0 Å². The van der Waals surface area contributed by atoms with Gasteiger partial charge in [0.2, 0.25) is 0 Å². The Morgan fingerprint density at radius 2 is 2.00 bits per heavy atom. The minimum Gasteiger partial charge on any atom is -0.381 e. The van der Waals surface area contributed by atoms with Gasteiger partial charge in [0.25, 0.3) is 0 Å². The van der Waals surface area contributed by atoms with Gasteiger partial charge < -0.3 is 5.73 Å². The molecule has 46 valence electrons. The van der Waals surface area contributed by atoms with Crippen molar-refractivity contribution < 1.29 is 0 Å². The average molecular weight is 123 g/mol. The van der Waals surface area contributed by atoms with E-state index < -0.39 is 0 Å². The number of rotatable bonds is 1. The van der Waals surface area contributed by atoms with Gasteiger partial charge in [-0.3, -0.25) is 5.41 Å². The number of amidine groups is 1. The zero-order chi connectivity index (χ0) is 6.69. The van der Waals surface area contributed by atoms with E-state index in [1.807, 2.05) is 0 Å². The standard InChI is InChI=1S/C4H5N5/c5-3(6)4-8-1-7-2-9-4/h1-2H,(H3,5,6). The van der Waals surface area contributed by atoms with Crippen LogP contribution in [-0.2, 0) is 0 Å². The van der Waals surface area contributed by atoms with E-state index in [0.717, 1.165) is 0 Å². The molecule has 3 N–H and O–H groups in total. The maximum atomic E-state index is 6.86. The van der Waals surface area contributed by atoms with Crippen LogP contribution in [0.3, 0.4) is 0 Å². The average Bonchev–Trinajstić information content (AvgIpc) is 1.90. The number of hydrogen-bond acceptors (Lipinski definition) is 4. The Bertz CT molecular complexity index is 205. The van der Waals surface area contributed by atoms with Crippen LogP contribution in [0.5, 0.6) is 0 Å². The van der Waals surface area contributed by atoms with Crippen LogP contribution in [-0.4, -0.2) is 20.8 Å². The molecule has 0 saturated carbocycles. The fourth-order valence-electron chi connectivity index (χ4n) is 0.378. The maximum absolute atomic E-state index is 6.86. The van der Waals surface area contributed by atoms with E-state index in [1.165, 1.54) is 12.7 Å². The monoisotopic (exact) mass is 123 g/mol. The molecular weight excluding hydrogens is 118 g/mol. The molecule has 1 rings (SSSR count). The second-order valence-electron chi connectivity index (χ2n) is 1.38. The highest BCUT2D eigenvalue weighted by Crippen LogP contribution is 1.78.